The Balaban J connectivity index is 1.75. The molecule has 0 aromatic carbocycles. The highest BCUT2D eigenvalue weighted by atomic mass is 32.1. The third-order valence-electron chi connectivity index (χ3n) is 3.34. The molecule has 1 saturated carbocycles. The van der Waals surface area contributed by atoms with E-state index in [4.69, 9.17) is 12.2 Å². The van der Waals surface area contributed by atoms with Crippen LogP contribution in [0.1, 0.15) is 23.6 Å². The zero-order valence-electron chi connectivity index (χ0n) is 12.1. The van der Waals surface area contributed by atoms with Crippen LogP contribution in [0.25, 0.3) is 10.7 Å². The maximum Gasteiger partial charge on any atom is 0.471 e. The van der Waals surface area contributed by atoms with Crippen molar-refractivity contribution in [2.24, 2.45) is 0 Å². The second-order valence-corrected chi connectivity index (χ2v) is 6.66. The van der Waals surface area contributed by atoms with Crippen LogP contribution in [0.2, 0.25) is 0 Å². The number of nitrogens with one attached hydrogen (secondary N) is 1. The van der Waals surface area contributed by atoms with Crippen LogP contribution in [-0.2, 0) is 12.7 Å². The fraction of sp³-hybridized carbons (Fsp3) is 0.462. The average Bonchev–Trinajstić information content (AvgIpc) is 3.02. The summed E-state index contributed by atoms with van der Waals surface area (Å²) in [6.45, 7) is 0.610. The number of hydrogen-bond acceptors (Lipinski definition) is 5. The van der Waals surface area contributed by atoms with E-state index in [-0.39, 0.29) is 5.82 Å². The summed E-state index contributed by atoms with van der Waals surface area (Å²) in [7, 11) is 1.77. The van der Waals surface area contributed by atoms with Gasteiger partial charge in [-0.2, -0.15) is 18.2 Å². The lowest BCUT2D eigenvalue weighted by Crippen LogP contribution is -2.38. The quantitative estimate of drug-likeness (QED) is 0.843. The summed E-state index contributed by atoms with van der Waals surface area (Å²) < 4.78 is 41.7. The van der Waals surface area contributed by atoms with Crippen LogP contribution in [-0.4, -0.2) is 33.2 Å². The molecule has 2 aromatic heterocycles. The maximum atomic E-state index is 12.5. The van der Waals surface area contributed by atoms with Crippen LogP contribution in [0.5, 0.6) is 0 Å². The van der Waals surface area contributed by atoms with Crippen molar-refractivity contribution in [1.29, 1.82) is 0 Å². The molecule has 3 rings (SSSR count). The largest absolute Gasteiger partial charge is 0.471 e. The first-order chi connectivity index (χ1) is 10.9. The van der Waals surface area contributed by atoms with Crippen LogP contribution in [0.3, 0.4) is 0 Å². The van der Waals surface area contributed by atoms with E-state index in [2.05, 4.69) is 24.9 Å². The Bertz CT molecular complexity index is 708. The highest BCUT2D eigenvalue weighted by Gasteiger charge is 2.38. The smallest absolute Gasteiger partial charge is 0.366 e. The van der Waals surface area contributed by atoms with Gasteiger partial charge in [-0.3, -0.25) is 0 Å². The second-order valence-electron chi connectivity index (χ2n) is 5.10. The SMILES string of the molecule is CNC(=S)N(Cc1ccc(-c2noc(C(F)(F)F)n2)s1)C1CC1. The normalized spacial score (nSPS) is 14.8. The molecule has 1 aliphatic carbocycles. The Labute approximate surface area is 139 Å². The summed E-state index contributed by atoms with van der Waals surface area (Å²) in [5.41, 5.74) is 0. The first-order valence-electron chi connectivity index (χ1n) is 6.87. The summed E-state index contributed by atoms with van der Waals surface area (Å²) in [5.74, 6) is -1.39. The molecule has 1 aliphatic rings. The van der Waals surface area contributed by atoms with Gasteiger partial charge in [0.2, 0.25) is 5.82 Å². The Kier molecular flexibility index (Phi) is 4.28. The van der Waals surface area contributed by atoms with E-state index in [9.17, 15) is 13.2 Å². The highest BCUT2D eigenvalue weighted by molar-refractivity contribution is 7.80. The standard InChI is InChI=1S/C13H13F3N4OS2/c1-17-12(22)20(7-2-3-7)6-8-4-5-9(23-8)10-18-11(21-19-10)13(14,15)16/h4-5,7H,2-3,6H2,1H3,(H,17,22). The van der Waals surface area contributed by atoms with Gasteiger partial charge >= 0.3 is 12.1 Å². The topological polar surface area (TPSA) is 54.2 Å². The summed E-state index contributed by atoms with van der Waals surface area (Å²) in [6.07, 6.45) is -2.44. The second kappa shape index (κ2) is 6.08. The number of alkyl halides is 3. The molecule has 23 heavy (non-hydrogen) atoms. The molecule has 2 heterocycles. The molecule has 0 aliphatic heterocycles. The molecule has 124 valence electrons. The lowest BCUT2D eigenvalue weighted by atomic mass is 10.4. The predicted molar refractivity (Wildman–Crippen MR) is 82.8 cm³/mol. The number of halogens is 3. The molecule has 1 fully saturated rings. The third-order valence-corrected chi connectivity index (χ3v) is 4.84. The van der Waals surface area contributed by atoms with E-state index in [0.717, 1.165) is 17.7 Å². The number of aromatic nitrogens is 2. The summed E-state index contributed by atoms with van der Waals surface area (Å²) in [4.78, 5) is 6.99. The van der Waals surface area contributed by atoms with Gasteiger partial charge in [-0.25, -0.2) is 0 Å². The Morgan fingerprint density at radius 3 is 2.78 bits per heavy atom. The summed E-state index contributed by atoms with van der Waals surface area (Å²) >= 11 is 6.62. The maximum absolute atomic E-state index is 12.5. The van der Waals surface area contributed by atoms with Crippen LogP contribution < -0.4 is 5.32 Å². The summed E-state index contributed by atoms with van der Waals surface area (Å²) in [5, 5.41) is 7.03. The first-order valence-corrected chi connectivity index (χ1v) is 8.09. The van der Waals surface area contributed by atoms with Gasteiger partial charge in [-0.05, 0) is 37.2 Å². The van der Waals surface area contributed by atoms with Crippen molar-refractivity contribution in [2.45, 2.75) is 31.6 Å². The molecule has 0 radical (unpaired) electrons. The van der Waals surface area contributed by atoms with Gasteiger partial charge in [0, 0.05) is 18.0 Å². The van der Waals surface area contributed by atoms with Crippen molar-refractivity contribution in [2.75, 3.05) is 7.05 Å². The third kappa shape index (κ3) is 3.63. The molecule has 0 bridgehead atoms. The lowest BCUT2D eigenvalue weighted by molar-refractivity contribution is -0.159. The van der Waals surface area contributed by atoms with E-state index in [1.54, 1.807) is 13.1 Å². The van der Waals surface area contributed by atoms with E-state index in [1.807, 2.05) is 6.07 Å². The molecule has 0 unspecified atom stereocenters. The number of nitrogens with zero attached hydrogens (tertiary/aromatic N) is 3. The highest BCUT2D eigenvalue weighted by Crippen LogP contribution is 2.33. The van der Waals surface area contributed by atoms with Crippen molar-refractivity contribution < 1.29 is 17.7 Å². The minimum Gasteiger partial charge on any atom is -0.366 e. The lowest BCUT2D eigenvalue weighted by Gasteiger charge is -2.23. The molecule has 10 heteroatoms. The number of hydrogen-bond donors (Lipinski definition) is 1. The fourth-order valence-corrected chi connectivity index (χ4v) is 3.23. The number of thiocarbonyl (C=S) groups is 1. The van der Waals surface area contributed by atoms with Gasteiger partial charge in [0.25, 0.3) is 0 Å². The van der Waals surface area contributed by atoms with Crippen molar-refractivity contribution in [3.05, 3.63) is 22.9 Å². The van der Waals surface area contributed by atoms with Crippen LogP contribution in [0, 0.1) is 0 Å². The number of rotatable bonds is 4. The van der Waals surface area contributed by atoms with Gasteiger partial charge in [0.1, 0.15) is 0 Å². The monoisotopic (exact) mass is 362 g/mol. The number of thiophene rings is 1. The molecular weight excluding hydrogens is 349 g/mol. The minimum absolute atomic E-state index is 0.0530. The average molecular weight is 362 g/mol. The van der Waals surface area contributed by atoms with E-state index >= 15 is 0 Å². The van der Waals surface area contributed by atoms with Crippen LogP contribution >= 0.6 is 23.6 Å². The Morgan fingerprint density at radius 1 is 1.48 bits per heavy atom. The van der Waals surface area contributed by atoms with E-state index in [0.29, 0.717) is 22.6 Å². The van der Waals surface area contributed by atoms with Crippen LogP contribution in [0.15, 0.2) is 16.7 Å². The van der Waals surface area contributed by atoms with Crippen molar-refractivity contribution in [3.8, 4) is 10.7 Å². The zero-order chi connectivity index (χ0) is 16.6. The fourth-order valence-electron chi connectivity index (χ4n) is 2.09. The van der Waals surface area contributed by atoms with Gasteiger partial charge in [-0.1, -0.05) is 5.16 Å². The van der Waals surface area contributed by atoms with Gasteiger partial charge in [-0.15, -0.1) is 11.3 Å². The zero-order valence-corrected chi connectivity index (χ0v) is 13.7. The summed E-state index contributed by atoms with van der Waals surface area (Å²) in [6, 6.07) is 3.97. The van der Waals surface area contributed by atoms with Crippen molar-refractivity contribution in [1.82, 2.24) is 20.4 Å². The van der Waals surface area contributed by atoms with Crippen molar-refractivity contribution in [3.63, 3.8) is 0 Å². The van der Waals surface area contributed by atoms with Gasteiger partial charge in [0.05, 0.1) is 11.4 Å². The Morgan fingerprint density at radius 2 is 2.22 bits per heavy atom. The van der Waals surface area contributed by atoms with Crippen molar-refractivity contribution >= 4 is 28.7 Å². The molecule has 0 amide bonds. The Hall–Kier alpha value is -1.68. The molecule has 1 N–H and O–H groups in total. The van der Waals surface area contributed by atoms with Gasteiger partial charge < -0.3 is 14.7 Å². The molecule has 2 aromatic rings. The van der Waals surface area contributed by atoms with Gasteiger partial charge in [0.15, 0.2) is 5.11 Å². The molecule has 0 atom stereocenters. The first kappa shape index (κ1) is 16.2. The molecule has 0 saturated heterocycles. The molecule has 5 nitrogen and oxygen atoms in total. The molecular formula is C13H13F3N4OS2. The van der Waals surface area contributed by atoms with E-state index < -0.39 is 12.1 Å². The molecule has 0 spiro atoms. The van der Waals surface area contributed by atoms with Crippen LogP contribution in [0.4, 0.5) is 13.2 Å². The minimum atomic E-state index is -4.63. The van der Waals surface area contributed by atoms with E-state index in [1.165, 1.54) is 11.3 Å². The predicted octanol–water partition coefficient (Wildman–Crippen LogP) is 3.29.